The van der Waals surface area contributed by atoms with Gasteiger partial charge in [0.1, 0.15) is 0 Å². The van der Waals surface area contributed by atoms with E-state index < -0.39 is 24.3 Å². The van der Waals surface area contributed by atoms with Gasteiger partial charge in [-0.05, 0) is 6.07 Å². The number of ether oxygens (including phenoxy) is 1. The molecule has 16 heteroatoms. The zero-order valence-electron chi connectivity index (χ0n) is 17.2. The van der Waals surface area contributed by atoms with E-state index in [1.807, 2.05) is 24.3 Å². The highest BCUT2D eigenvalue weighted by atomic mass is 19.4. The van der Waals surface area contributed by atoms with Crippen LogP contribution in [0.3, 0.4) is 0 Å². The van der Waals surface area contributed by atoms with Crippen molar-refractivity contribution in [3.63, 3.8) is 0 Å². The van der Waals surface area contributed by atoms with Crippen LogP contribution in [0, 0.1) is 0 Å². The topological polar surface area (TPSA) is 145 Å². The highest BCUT2D eigenvalue weighted by Gasteiger charge is 2.38. The van der Waals surface area contributed by atoms with Crippen molar-refractivity contribution in [2.45, 2.75) is 12.4 Å². The quantitative estimate of drug-likeness (QED) is 0.464. The molecule has 1 aliphatic rings. The lowest BCUT2D eigenvalue weighted by Gasteiger charge is -2.26. The summed E-state index contributed by atoms with van der Waals surface area (Å²) in [6.07, 6.45) is -10.2. The van der Waals surface area contributed by atoms with Crippen LogP contribution in [0.2, 0.25) is 0 Å². The van der Waals surface area contributed by atoms with Gasteiger partial charge in [-0.25, -0.2) is 9.59 Å². The van der Waals surface area contributed by atoms with E-state index in [0.29, 0.717) is 12.2 Å². The van der Waals surface area contributed by atoms with Crippen LogP contribution >= 0.6 is 0 Å². The second kappa shape index (κ2) is 12.7. The largest absolute Gasteiger partial charge is 0.490 e. The monoisotopic (exact) mass is 502 g/mol. The van der Waals surface area contributed by atoms with Gasteiger partial charge in [0.05, 0.1) is 18.7 Å². The first kappa shape index (κ1) is 28.6. The number of hydrogen-bond donors (Lipinski definition) is 4. The number of morpholine rings is 1. The molecule has 2 aromatic rings. The minimum atomic E-state index is -5.08. The Morgan fingerprint density at radius 3 is 2.00 bits per heavy atom. The summed E-state index contributed by atoms with van der Waals surface area (Å²) < 4.78 is 68.8. The predicted octanol–water partition coefficient (Wildman–Crippen LogP) is 1.89. The Labute approximate surface area is 187 Å². The third kappa shape index (κ3) is 10.0. The number of aromatic amines is 1. The summed E-state index contributed by atoms with van der Waals surface area (Å²) in [4.78, 5) is 32.2. The third-order valence-electron chi connectivity index (χ3n) is 3.99. The molecule has 1 amide bonds. The Morgan fingerprint density at radius 2 is 1.50 bits per heavy atom. The molecular formula is C18H20F6N4O6. The van der Waals surface area contributed by atoms with E-state index in [-0.39, 0.29) is 5.91 Å². The fourth-order valence-corrected chi connectivity index (χ4v) is 2.37. The van der Waals surface area contributed by atoms with Crippen LogP contribution in [0.15, 0.2) is 24.3 Å². The zero-order valence-corrected chi connectivity index (χ0v) is 17.2. The van der Waals surface area contributed by atoms with Crippen LogP contribution in [0.1, 0.15) is 10.5 Å². The van der Waals surface area contributed by atoms with Gasteiger partial charge in [0.2, 0.25) is 0 Å². The molecule has 1 aromatic carbocycles. The van der Waals surface area contributed by atoms with Crippen LogP contribution in [-0.4, -0.2) is 94.9 Å². The molecule has 0 bridgehead atoms. The number of carbonyl (C=O) groups excluding carboxylic acids is 1. The predicted molar refractivity (Wildman–Crippen MR) is 103 cm³/mol. The lowest BCUT2D eigenvalue weighted by molar-refractivity contribution is -0.193. The number of nitrogens with zero attached hydrogens (tertiary/aromatic N) is 2. The second-order valence-electron chi connectivity index (χ2n) is 6.43. The van der Waals surface area contributed by atoms with Crippen LogP contribution in [0.5, 0.6) is 0 Å². The van der Waals surface area contributed by atoms with E-state index in [9.17, 15) is 31.1 Å². The average molecular weight is 502 g/mol. The van der Waals surface area contributed by atoms with Crippen molar-refractivity contribution in [1.29, 1.82) is 0 Å². The van der Waals surface area contributed by atoms with E-state index in [4.69, 9.17) is 24.5 Å². The number of para-hydroxylation sites is 1. The van der Waals surface area contributed by atoms with Gasteiger partial charge in [-0.3, -0.25) is 14.8 Å². The highest BCUT2D eigenvalue weighted by molar-refractivity contribution is 6.04. The second-order valence-corrected chi connectivity index (χ2v) is 6.43. The fourth-order valence-electron chi connectivity index (χ4n) is 2.37. The fraction of sp³-hybridized carbons (Fsp3) is 0.444. The molecule has 34 heavy (non-hydrogen) atoms. The lowest BCUT2D eigenvalue weighted by atomic mass is 10.2. The first-order valence-electron chi connectivity index (χ1n) is 9.35. The summed E-state index contributed by atoms with van der Waals surface area (Å²) in [7, 11) is 0. The molecule has 3 rings (SSSR count). The highest BCUT2D eigenvalue weighted by Crippen LogP contribution is 2.15. The number of aromatic nitrogens is 2. The summed E-state index contributed by atoms with van der Waals surface area (Å²) >= 11 is 0. The van der Waals surface area contributed by atoms with Crippen molar-refractivity contribution >= 4 is 28.7 Å². The summed E-state index contributed by atoms with van der Waals surface area (Å²) in [6.45, 7) is 4.88. The SMILES string of the molecule is O=C(NCCN1CCOCC1)c1n[nH]c2ccccc12.O=C(O)C(F)(F)F.O=C(O)C(F)(F)F. The van der Waals surface area contributed by atoms with Crippen LogP contribution in [0.25, 0.3) is 10.9 Å². The molecule has 4 N–H and O–H groups in total. The van der Waals surface area contributed by atoms with E-state index in [1.165, 1.54) is 0 Å². The number of aliphatic carboxylic acids is 2. The van der Waals surface area contributed by atoms with E-state index in [1.54, 1.807) is 0 Å². The molecule has 1 aromatic heterocycles. The molecule has 1 aliphatic heterocycles. The maximum Gasteiger partial charge on any atom is 0.490 e. The van der Waals surface area contributed by atoms with Gasteiger partial charge in [-0.2, -0.15) is 31.4 Å². The Bertz CT molecular complexity index is 932. The van der Waals surface area contributed by atoms with Crippen molar-refractivity contribution in [2.75, 3.05) is 39.4 Å². The van der Waals surface area contributed by atoms with Gasteiger partial charge in [0, 0.05) is 31.6 Å². The first-order chi connectivity index (χ1) is 15.7. The van der Waals surface area contributed by atoms with E-state index in [0.717, 1.165) is 43.8 Å². The molecular weight excluding hydrogens is 482 g/mol. The zero-order chi connectivity index (χ0) is 25.9. The van der Waals surface area contributed by atoms with Gasteiger partial charge in [0.15, 0.2) is 5.69 Å². The number of carboxylic acids is 2. The standard InChI is InChI=1S/C14H18N4O2.2C2HF3O2/c19-14(15-5-6-18-7-9-20-10-8-18)13-11-3-1-2-4-12(11)16-17-13;2*3-2(4,5)1(6)7/h1-4H,5-10H2,(H,15,19)(H,16,17);2*(H,6,7). The molecule has 0 unspecified atom stereocenters. The maximum atomic E-state index is 12.1. The number of carbonyl (C=O) groups is 3. The molecule has 1 saturated heterocycles. The number of halogens is 6. The molecule has 0 radical (unpaired) electrons. The average Bonchev–Trinajstić information content (AvgIpc) is 3.18. The van der Waals surface area contributed by atoms with Gasteiger partial charge in [-0.1, -0.05) is 18.2 Å². The van der Waals surface area contributed by atoms with Crippen LogP contribution < -0.4 is 5.32 Å². The number of alkyl halides is 6. The number of rotatable bonds is 4. The third-order valence-corrected chi connectivity index (χ3v) is 3.99. The van der Waals surface area contributed by atoms with Gasteiger partial charge < -0.3 is 20.3 Å². The summed E-state index contributed by atoms with van der Waals surface area (Å²) in [6, 6.07) is 7.63. The van der Waals surface area contributed by atoms with Crippen molar-refractivity contribution in [3.05, 3.63) is 30.0 Å². The molecule has 2 heterocycles. The number of H-pyrrole nitrogens is 1. The van der Waals surface area contributed by atoms with Gasteiger partial charge in [-0.15, -0.1) is 0 Å². The number of nitrogens with one attached hydrogen (secondary N) is 2. The lowest BCUT2D eigenvalue weighted by Crippen LogP contribution is -2.41. The summed E-state index contributed by atoms with van der Waals surface area (Å²) in [5, 5.41) is 25.0. The summed E-state index contributed by atoms with van der Waals surface area (Å²) in [5.74, 6) is -5.64. The van der Waals surface area contributed by atoms with Crippen molar-refractivity contribution in [3.8, 4) is 0 Å². The molecule has 0 aliphatic carbocycles. The number of hydrogen-bond acceptors (Lipinski definition) is 6. The maximum absolute atomic E-state index is 12.1. The van der Waals surface area contributed by atoms with Gasteiger partial charge in [0.25, 0.3) is 5.91 Å². The normalized spacial score (nSPS) is 14.3. The molecule has 0 spiro atoms. The molecule has 0 atom stereocenters. The minimum Gasteiger partial charge on any atom is -0.475 e. The Morgan fingerprint density at radius 1 is 1.00 bits per heavy atom. The smallest absolute Gasteiger partial charge is 0.475 e. The minimum absolute atomic E-state index is 0.129. The van der Waals surface area contributed by atoms with Crippen molar-refractivity contribution in [1.82, 2.24) is 20.4 Å². The molecule has 190 valence electrons. The Kier molecular flexibility index (Phi) is 10.7. The van der Waals surface area contributed by atoms with Crippen LogP contribution in [0.4, 0.5) is 26.3 Å². The Hall–Kier alpha value is -3.40. The van der Waals surface area contributed by atoms with Crippen molar-refractivity contribution < 1.29 is 55.7 Å². The van der Waals surface area contributed by atoms with Gasteiger partial charge >= 0.3 is 24.3 Å². The molecule has 1 fully saturated rings. The number of carboxylic acid groups (broad SMARTS) is 2. The first-order valence-corrected chi connectivity index (χ1v) is 9.35. The van der Waals surface area contributed by atoms with Crippen LogP contribution in [-0.2, 0) is 14.3 Å². The molecule has 10 nitrogen and oxygen atoms in total. The summed E-state index contributed by atoms with van der Waals surface area (Å²) in [5.41, 5.74) is 1.34. The van der Waals surface area contributed by atoms with Crippen molar-refractivity contribution in [2.24, 2.45) is 0 Å². The molecule has 0 saturated carbocycles. The Balaban J connectivity index is 0.000000343. The number of amides is 1. The van der Waals surface area contributed by atoms with E-state index >= 15 is 0 Å². The number of fused-ring (bicyclic) bond motifs is 1. The van der Waals surface area contributed by atoms with E-state index in [2.05, 4.69) is 20.4 Å². The number of benzene rings is 1.